The molecule has 4 aliphatic carbocycles. The van der Waals surface area contributed by atoms with Gasteiger partial charge in [0.2, 0.25) is 17.6 Å². The third-order valence-corrected chi connectivity index (χ3v) is 15.6. The molecule has 0 bridgehead atoms. The summed E-state index contributed by atoms with van der Waals surface area (Å²) in [5.74, 6) is -2.25. The summed E-state index contributed by atoms with van der Waals surface area (Å²) in [5, 5.41) is 5.71. The predicted octanol–water partition coefficient (Wildman–Crippen LogP) is 5.17. The Hall–Kier alpha value is -2.30. The Bertz CT molecular complexity index is 1460. The number of rotatable bonds is 15. The Morgan fingerprint density at radius 2 is 1.52 bits per heavy atom. The number of fused-ring (bicyclic) bond motifs is 1. The normalized spacial score (nSPS) is 27.1. The van der Waals surface area contributed by atoms with Gasteiger partial charge in [0.05, 0.1) is 16.5 Å². The van der Waals surface area contributed by atoms with E-state index in [0.29, 0.717) is 31.7 Å². The van der Waals surface area contributed by atoms with Gasteiger partial charge in [0, 0.05) is 31.3 Å². The summed E-state index contributed by atoms with van der Waals surface area (Å²) in [6.45, 7) is 15.5. The van der Waals surface area contributed by atoms with E-state index in [1.807, 2.05) is 20.8 Å². The highest BCUT2D eigenvalue weighted by atomic mass is 32.2. The Labute approximate surface area is 300 Å². The minimum Gasteiger partial charge on any atom is -0.347 e. The molecule has 0 aromatic heterocycles. The lowest BCUT2D eigenvalue weighted by atomic mass is 9.70. The highest BCUT2D eigenvalue weighted by molar-refractivity contribution is 7.92. The van der Waals surface area contributed by atoms with Crippen LogP contribution >= 0.6 is 0 Å². The van der Waals surface area contributed by atoms with Crippen molar-refractivity contribution in [1.82, 2.24) is 15.5 Å². The number of ketones is 2. The molecule has 5 fully saturated rings. The summed E-state index contributed by atoms with van der Waals surface area (Å²) >= 11 is 0. The molecule has 0 radical (unpaired) electrons. The molecule has 0 aromatic rings. The van der Waals surface area contributed by atoms with Gasteiger partial charge in [0.1, 0.15) is 11.8 Å². The first-order valence-corrected chi connectivity index (χ1v) is 20.9. The van der Waals surface area contributed by atoms with Crippen LogP contribution in [-0.4, -0.2) is 77.8 Å². The molecular weight excluding hydrogens is 655 g/mol. The summed E-state index contributed by atoms with van der Waals surface area (Å²) in [4.78, 5) is 70.6. The van der Waals surface area contributed by atoms with Gasteiger partial charge in [-0.2, -0.15) is 0 Å². The van der Waals surface area contributed by atoms with Gasteiger partial charge >= 0.3 is 0 Å². The maximum atomic E-state index is 14.6. The third kappa shape index (κ3) is 8.66. The zero-order valence-corrected chi connectivity index (χ0v) is 32.7. The van der Waals surface area contributed by atoms with Crippen molar-refractivity contribution in [3.05, 3.63) is 0 Å². The van der Waals surface area contributed by atoms with Crippen molar-refractivity contribution in [3.8, 4) is 0 Å². The van der Waals surface area contributed by atoms with Crippen LogP contribution in [-0.2, 0) is 33.8 Å². The van der Waals surface area contributed by atoms with Crippen molar-refractivity contribution in [2.24, 2.45) is 39.9 Å². The van der Waals surface area contributed by atoms with Crippen molar-refractivity contribution in [2.45, 2.75) is 162 Å². The van der Waals surface area contributed by atoms with Crippen LogP contribution in [0, 0.1) is 39.9 Å². The summed E-state index contributed by atoms with van der Waals surface area (Å²) < 4.78 is 25.9. The molecule has 0 aromatic carbocycles. The van der Waals surface area contributed by atoms with Gasteiger partial charge in [-0.3, -0.25) is 24.0 Å². The second-order valence-electron chi connectivity index (χ2n) is 19.4. The molecule has 10 nitrogen and oxygen atoms in total. The van der Waals surface area contributed by atoms with E-state index in [4.69, 9.17) is 0 Å². The SMILES string of the molecule is CC(C)(C)[C@H](CC(=O)CC1(CS(=O)(=O)C(C)(C)C)CCCCC1)C(=O)N1C[C@H]2[C@@H]([C@H]1C(=O)N[C@H](CCC1CC1)C(=O)C(=O)NC1CC1)C2(C)C. The number of hydrogen-bond acceptors (Lipinski definition) is 7. The number of nitrogens with zero attached hydrogens (tertiary/aromatic N) is 1. The van der Waals surface area contributed by atoms with Crippen molar-refractivity contribution < 1.29 is 32.4 Å². The molecule has 3 amide bonds. The van der Waals surface area contributed by atoms with E-state index in [0.717, 1.165) is 51.4 Å². The van der Waals surface area contributed by atoms with Crippen LogP contribution in [0.1, 0.15) is 139 Å². The highest BCUT2D eigenvalue weighted by Crippen LogP contribution is 2.65. The number of carbonyl (C=O) groups is 5. The molecular formula is C39H63N3O7S. The standard InChI is InChI=1S/C39H63N3O7S/c1-36(2,3)27(20-26(43)21-39(18-10-9-11-19-39)23-50(48,49)37(4,5)6)35(47)42-22-28-30(38(28,7)8)31(42)33(45)41-29(17-14-24-12-13-24)32(44)34(46)40-25-15-16-25/h24-25,27-31H,9-23H2,1-8H3,(H,40,46)(H,41,45)/t27-,28+,29-,30+,31+/m1/s1. The van der Waals surface area contributed by atoms with E-state index >= 15 is 0 Å². The van der Waals surface area contributed by atoms with E-state index in [9.17, 15) is 32.4 Å². The maximum Gasteiger partial charge on any atom is 0.289 e. The molecule has 5 atom stereocenters. The molecule has 1 heterocycles. The molecule has 5 rings (SSSR count). The van der Waals surface area contributed by atoms with E-state index in [-0.39, 0.29) is 53.6 Å². The number of amides is 3. The molecule has 50 heavy (non-hydrogen) atoms. The van der Waals surface area contributed by atoms with Crippen molar-refractivity contribution in [2.75, 3.05) is 12.3 Å². The first-order valence-electron chi connectivity index (χ1n) is 19.3. The van der Waals surface area contributed by atoms with E-state index in [1.165, 1.54) is 0 Å². The number of Topliss-reactive ketones (excluding diaryl/α,β-unsaturated/α-hetero) is 2. The predicted molar refractivity (Wildman–Crippen MR) is 193 cm³/mol. The van der Waals surface area contributed by atoms with Gasteiger partial charge in [0.25, 0.3) is 5.91 Å². The topological polar surface area (TPSA) is 147 Å². The first-order chi connectivity index (χ1) is 23.1. The lowest BCUT2D eigenvalue weighted by molar-refractivity contribution is -0.149. The lowest BCUT2D eigenvalue weighted by Gasteiger charge is -2.40. The van der Waals surface area contributed by atoms with Crippen molar-refractivity contribution in [3.63, 3.8) is 0 Å². The zero-order valence-electron chi connectivity index (χ0n) is 31.9. The summed E-state index contributed by atoms with van der Waals surface area (Å²) in [7, 11) is -3.47. The van der Waals surface area contributed by atoms with Gasteiger partial charge in [-0.25, -0.2) is 8.42 Å². The van der Waals surface area contributed by atoms with E-state index < -0.39 is 61.0 Å². The smallest absolute Gasteiger partial charge is 0.289 e. The first kappa shape index (κ1) is 38.9. The van der Waals surface area contributed by atoms with Crippen LogP contribution < -0.4 is 10.6 Å². The molecule has 282 valence electrons. The van der Waals surface area contributed by atoms with Crippen LogP contribution in [0.25, 0.3) is 0 Å². The Morgan fingerprint density at radius 1 is 0.900 bits per heavy atom. The van der Waals surface area contributed by atoms with Gasteiger partial charge in [-0.1, -0.05) is 66.7 Å². The average molecular weight is 718 g/mol. The second kappa shape index (κ2) is 13.9. The van der Waals surface area contributed by atoms with Crippen LogP contribution in [0.2, 0.25) is 0 Å². The Kier molecular flexibility index (Phi) is 10.8. The molecule has 0 unspecified atom stereocenters. The van der Waals surface area contributed by atoms with Crippen LogP contribution in [0.5, 0.6) is 0 Å². The molecule has 0 spiro atoms. The van der Waals surface area contributed by atoms with Crippen LogP contribution in [0.3, 0.4) is 0 Å². The molecule has 4 saturated carbocycles. The second-order valence-corrected chi connectivity index (χ2v) is 22.1. The van der Waals surface area contributed by atoms with Crippen molar-refractivity contribution in [1.29, 1.82) is 0 Å². The number of nitrogens with one attached hydrogen (secondary N) is 2. The number of hydrogen-bond donors (Lipinski definition) is 2. The maximum absolute atomic E-state index is 14.6. The quantitative estimate of drug-likeness (QED) is 0.222. The van der Waals surface area contributed by atoms with Crippen LogP contribution in [0.4, 0.5) is 0 Å². The minimum absolute atomic E-state index is 0.0208. The number of likely N-dealkylation sites (tertiary alicyclic amines) is 1. The summed E-state index contributed by atoms with van der Waals surface area (Å²) in [6.07, 6.45) is 9.25. The van der Waals surface area contributed by atoms with Gasteiger partial charge in [-0.05, 0) is 93.3 Å². The highest BCUT2D eigenvalue weighted by Gasteiger charge is 2.70. The molecule has 11 heteroatoms. The number of carbonyl (C=O) groups excluding carboxylic acids is 5. The summed E-state index contributed by atoms with van der Waals surface area (Å²) in [6, 6.07) is -1.72. The monoisotopic (exact) mass is 717 g/mol. The fraction of sp³-hybridized carbons (Fsp3) is 0.872. The largest absolute Gasteiger partial charge is 0.347 e. The number of piperidine rings is 1. The molecule has 1 saturated heterocycles. The van der Waals surface area contributed by atoms with Gasteiger partial charge in [0.15, 0.2) is 9.84 Å². The molecule has 2 N–H and O–H groups in total. The third-order valence-electron chi connectivity index (χ3n) is 12.8. The van der Waals surface area contributed by atoms with E-state index in [1.54, 1.807) is 25.7 Å². The Morgan fingerprint density at radius 3 is 2.06 bits per heavy atom. The fourth-order valence-corrected chi connectivity index (χ4v) is 10.4. The fourth-order valence-electron chi connectivity index (χ4n) is 8.77. The number of sulfone groups is 1. The zero-order chi connectivity index (χ0) is 37.0. The van der Waals surface area contributed by atoms with Crippen LogP contribution in [0.15, 0.2) is 0 Å². The molecule has 5 aliphatic rings. The van der Waals surface area contributed by atoms with Gasteiger partial charge < -0.3 is 15.5 Å². The van der Waals surface area contributed by atoms with Crippen molar-refractivity contribution >= 4 is 39.1 Å². The van der Waals surface area contributed by atoms with E-state index in [2.05, 4.69) is 24.5 Å². The lowest BCUT2D eigenvalue weighted by Crippen LogP contribution is -2.56. The van der Waals surface area contributed by atoms with Gasteiger partial charge in [-0.15, -0.1) is 0 Å². The average Bonchev–Trinajstić information content (AvgIpc) is 3.95. The molecule has 1 aliphatic heterocycles. The summed E-state index contributed by atoms with van der Waals surface area (Å²) in [5.41, 5.74) is -1.39. The minimum atomic E-state index is -3.47. The Balaban J connectivity index is 1.33.